The number of nitrogens with one attached hydrogen (secondary N) is 2. The molecule has 1 fully saturated rings. The summed E-state index contributed by atoms with van der Waals surface area (Å²) in [5.74, 6) is 0.184. The fourth-order valence-corrected chi connectivity index (χ4v) is 3.04. The molecule has 19 heavy (non-hydrogen) atoms. The van der Waals surface area contributed by atoms with Crippen LogP contribution in [0, 0.1) is 0 Å². The Morgan fingerprint density at radius 2 is 2.32 bits per heavy atom. The summed E-state index contributed by atoms with van der Waals surface area (Å²) < 4.78 is 0. The van der Waals surface area contributed by atoms with Gasteiger partial charge in [0, 0.05) is 18.6 Å². The number of likely N-dealkylation sites (tertiary alicyclic amines) is 1. The van der Waals surface area contributed by atoms with Crippen molar-refractivity contribution >= 4 is 28.2 Å². The quantitative estimate of drug-likeness (QED) is 0.767. The second kappa shape index (κ2) is 5.75. The summed E-state index contributed by atoms with van der Waals surface area (Å²) >= 11 is 1.31. The van der Waals surface area contributed by atoms with Gasteiger partial charge < -0.3 is 21.3 Å². The molecule has 7 heteroatoms. The number of rotatable bonds is 4. The molecular formula is C12H21N5OS. The lowest BCUT2D eigenvalue weighted by Gasteiger charge is -2.11. The number of nitrogen functional groups attached to an aromatic ring is 1. The topological polar surface area (TPSA) is 83.3 Å². The van der Waals surface area contributed by atoms with Crippen molar-refractivity contribution in [3.63, 3.8) is 0 Å². The van der Waals surface area contributed by atoms with Crippen molar-refractivity contribution in [3.8, 4) is 0 Å². The molecule has 1 saturated heterocycles. The maximum absolute atomic E-state index is 12.2. The molecule has 0 spiro atoms. The fraction of sp³-hybridized carbons (Fsp3) is 0.667. The average Bonchev–Trinajstić information content (AvgIpc) is 2.84. The van der Waals surface area contributed by atoms with E-state index in [1.165, 1.54) is 11.3 Å². The lowest BCUT2D eigenvalue weighted by atomic mass is 10.2. The highest BCUT2D eigenvalue weighted by Crippen LogP contribution is 2.25. The molecule has 6 nitrogen and oxygen atoms in total. The molecule has 1 aliphatic heterocycles. The molecule has 1 amide bonds. The Kier molecular flexibility index (Phi) is 4.26. The van der Waals surface area contributed by atoms with Crippen molar-refractivity contribution in [2.24, 2.45) is 0 Å². The molecule has 1 unspecified atom stereocenters. The van der Waals surface area contributed by atoms with Crippen LogP contribution in [0.2, 0.25) is 0 Å². The number of hydrogen-bond donors (Lipinski definition) is 3. The highest BCUT2D eigenvalue weighted by molar-refractivity contribution is 7.18. The largest absolute Gasteiger partial charge is 0.382 e. The summed E-state index contributed by atoms with van der Waals surface area (Å²) in [6.45, 7) is 5.95. The minimum absolute atomic E-state index is 0.118. The van der Waals surface area contributed by atoms with Gasteiger partial charge in [0.15, 0.2) is 5.13 Å². The first-order chi connectivity index (χ1) is 8.95. The fourth-order valence-electron chi connectivity index (χ4n) is 2.11. The first-order valence-electron chi connectivity index (χ1n) is 6.48. The van der Waals surface area contributed by atoms with Crippen LogP contribution in [0.15, 0.2) is 0 Å². The minimum atomic E-state index is -0.118. The van der Waals surface area contributed by atoms with E-state index in [2.05, 4.69) is 27.6 Å². The van der Waals surface area contributed by atoms with Crippen LogP contribution in [0.25, 0.3) is 0 Å². The Morgan fingerprint density at radius 3 is 2.89 bits per heavy atom. The molecule has 2 heterocycles. The minimum Gasteiger partial charge on any atom is -0.382 e. The van der Waals surface area contributed by atoms with Gasteiger partial charge in [-0.2, -0.15) is 0 Å². The van der Waals surface area contributed by atoms with Crippen LogP contribution in [-0.4, -0.2) is 48.0 Å². The van der Waals surface area contributed by atoms with Crippen LogP contribution >= 0.6 is 11.3 Å². The van der Waals surface area contributed by atoms with Gasteiger partial charge in [-0.3, -0.25) is 4.79 Å². The van der Waals surface area contributed by atoms with Gasteiger partial charge in [-0.25, -0.2) is 4.98 Å². The van der Waals surface area contributed by atoms with Gasteiger partial charge in [0.1, 0.15) is 10.7 Å². The van der Waals surface area contributed by atoms with E-state index < -0.39 is 0 Å². The van der Waals surface area contributed by atoms with Gasteiger partial charge in [-0.05, 0) is 33.9 Å². The van der Waals surface area contributed by atoms with Crippen molar-refractivity contribution in [1.29, 1.82) is 0 Å². The van der Waals surface area contributed by atoms with Crippen molar-refractivity contribution in [2.45, 2.75) is 32.4 Å². The zero-order chi connectivity index (χ0) is 14.0. The maximum atomic E-state index is 12.2. The number of nitrogens with two attached hydrogens (primary N) is 1. The molecule has 0 saturated carbocycles. The lowest BCUT2D eigenvalue weighted by molar-refractivity contribution is 0.0943. The van der Waals surface area contributed by atoms with E-state index in [-0.39, 0.29) is 18.0 Å². The van der Waals surface area contributed by atoms with Gasteiger partial charge in [0.05, 0.1) is 0 Å². The molecule has 2 rings (SSSR count). The highest BCUT2D eigenvalue weighted by Gasteiger charge is 2.24. The summed E-state index contributed by atoms with van der Waals surface area (Å²) in [5, 5.41) is 6.87. The number of carbonyl (C=O) groups excluding carboxylic acids is 1. The third-order valence-corrected chi connectivity index (χ3v) is 4.00. The molecule has 0 radical (unpaired) electrons. The third kappa shape index (κ3) is 3.57. The number of anilines is 2. The van der Waals surface area contributed by atoms with E-state index >= 15 is 0 Å². The molecule has 1 atom stereocenters. The summed E-state index contributed by atoms with van der Waals surface area (Å²) in [6.07, 6.45) is 0.984. The van der Waals surface area contributed by atoms with E-state index in [0.29, 0.717) is 15.8 Å². The number of thiazole rings is 1. The molecule has 106 valence electrons. The molecule has 1 aliphatic rings. The molecule has 0 bridgehead atoms. The summed E-state index contributed by atoms with van der Waals surface area (Å²) in [6, 6.07) is 0.477. The number of nitrogens with zero attached hydrogens (tertiary/aromatic N) is 2. The van der Waals surface area contributed by atoms with Gasteiger partial charge >= 0.3 is 0 Å². The van der Waals surface area contributed by atoms with E-state index in [4.69, 9.17) is 5.73 Å². The lowest BCUT2D eigenvalue weighted by Crippen LogP contribution is -2.36. The van der Waals surface area contributed by atoms with E-state index in [1.807, 2.05) is 13.8 Å². The normalized spacial score (nSPS) is 19.9. The summed E-state index contributed by atoms with van der Waals surface area (Å²) in [4.78, 5) is 19.0. The molecule has 1 aromatic rings. The second-order valence-electron chi connectivity index (χ2n) is 5.25. The van der Waals surface area contributed by atoms with Crippen molar-refractivity contribution in [1.82, 2.24) is 15.2 Å². The van der Waals surface area contributed by atoms with Crippen LogP contribution < -0.4 is 16.4 Å². The zero-order valence-corrected chi connectivity index (χ0v) is 12.4. The van der Waals surface area contributed by atoms with E-state index in [9.17, 15) is 4.79 Å². The van der Waals surface area contributed by atoms with Gasteiger partial charge in [0.2, 0.25) is 0 Å². The smallest absolute Gasteiger partial charge is 0.265 e. The first kappa shape index (κ1) is 14.1. The van der Waals surface area contributed by atoms with Crippen molar-refractivity contribution < 1.29 is 4.79 Å². The number of carbonyl (C=O) groups is 1. The Morgan fingerprint density at radius 1 is 1.58 bits per heavy atom. The maximum Gasteiger partial charge on any atom is 0.265 e. The third-order valence-electron chi connectivity index (χ3n) is 3.00. The van der Waals surface area contributed by atoms with Crippen LogP contribution in [0.1, 0.15) is 29.9 Å². The van der Waals surface area contributed by atoms with Crippen molar-refractivity contribution in [2.75, 3.05) is 31.2 Å². The Bertz CT molecular complexity index is 459. The van der Waals surface area contributed by atoms with Crippen LogP contribution in [0.3, 0.4) is 0 Å². The summed E-state index contributed by atoms with van der Waals surface area (Å²) in [7, 11) is 2.05. The van der Waals surface area contributed by atoms with Gasteiger partial charge in [-0.15, -0.1) is 0 Å². The predicted octanol–water partition coefficient (Wildman–Crippen LogP) is 0.979. The van der Waals surface area contributed by atoms with E-state index in [0.717, 1.165) is 19.5 Å². The molecule has 0 aromatic carbocycles. The molecule has 0 aliphatic carbocycles. The first-order valence-corrected chi connectivity index (χ1v) is 7.29. The second-order valence-corrected chi connectivity index (χ2v) is 6.25. The summed E-state index contributed by atoms with van der Waals surface area (Å²) in [5.41, 5.74) is 5.81. The molecule has 1 aromatic heterocycles. The van der Waals surface area contributed by atoms with Crippen LogP contribution in [0.5, 0.6) is 0 Å². The number of amides is 1. The van der Waals surface area contributed by atoms with Crippen LogP contribution in [0.4, 0.5) is 10.9 Å². The number of hydrogen-bond acceptors (Lipinski definition) is 6. The van der Waals surface area contributed by atoms with Crippen LogP contribution in [-0.2, 0) is 0 Å². The Balaban J connectivity index is 2.00. The Hall–Kier alpha value is -1.34. The van der Waals surface area contributed by atoms with Gasteiger partial charge in [-0.1, -0.05) is 11.3 Å². The SMILES string of the molecule is CC(C)Nc1nc(N)c(C(=O)NC2CCN(C)C2)s1. The number of likely N-dealkylation sites (N-methyl/N-ethyl adjacent to an activating group) is 1. The number of aromatic nitrogens is 1. The van der Waals surface area contributed by atoms with Crippen molar-refractivity contribution in [3.05, 3.63) is 4.88 Å². The predicted molar refractivity (Wildman–Crippen MR) is 78.7 cm³/mol. The Labute approximate surface area is 117 Å². The van der Waals surface area contributed by atoms with Gasteiger partial charge in [0.25, 0.3) is 5.91 Å². The highest BCUT2D eigenvalue weighted by atomic mass is 32.1. The van der Waals surface area contributed by atoms with E-state index in [1.54, 1.807) is 0 Å². The monoisotopic (exact) mass is 283 g/mol. The molecular weight excluding hydrogens is 262 g/mol. The average molecular weight is 283 g/mol. The standard InChI is InChI=1S/C12H21N5OS/c1-7(2)14-12-16-10(13)9(19-12)11(18)15-8-4-5-17(3)6-8/h7-8H,4-6,13H2,1-3H3,(H,14,16)(H,15,18). The zero-order valence-electron chi connectivity index (χ0n) is 11.6. The molecule has 4 N–H and O–H groups in total.